The van der Waals surface area contributed by atoms with Gasteiger partial charge in [0.15, 0.2) is 0 Å². The standard InChI is InChI=1S/C23H25N3O/c27-23-17-20(10-9-19-7-3-1-2-4-8-19)13-16-26(23)21-11-12-22(24-18-21)25-14-5-6-15-25/h1,3-4,7-8,11-13,16-18H,2,5-6,9-10,14-15H2. The maximum Gasteiger partial charge on any atom is 0.255 e. The second-order valence-corrected chi connectivity index (χ2v) is 7.12. The fourth-order valence-corrected chi connectivity index (χ4v) is 3.62. The molecule has 0 bridgehead atoms. The first-order valence-electron chi connectivity index (χ1n) is 9.75. The third-order valence-corrected chi connectivity index (χ3v) is 5.18. The number of allylic oxidation sites excluding steroid dienone is 6. The van der Waals surface area contributed by atoms with Crippen LogP contribution in [0.25, 0.3) is 5.69 Å². The first kappa shape index (κ1) is 17.5. The van der Waals surface area contributed by atoms with Gasteiger partial charge in [0.1, 0.15) is 5.82 Å². The van der Waals surface area contributed by atoms with Crippen molar-refractivity contribution >= 4 is 5.82 Å². The van der Waals surface area contributed by atoms with E-state index in [1.54, 1.807) is 16.8 Å². The maximum atomic E-state index is 12.6. The van der Waals surface area contributed by atoms with Crippen LogP contribution in [0.4, 0.5) is 5.82 Å². The van der Waals surface area contributed by atoms with E-state index in [1.165, 1.54) is 18.4 Å². The van der Waals surface area contributed by atoms with Gasteiger partial charge in [-0.3, -0.25) is 9.36 Å². The number of rotatable bonds is 5. The summed E-state index contributed by atoms with van der Waals surface area (Å²) in [6.45, 7) is 2.14. The van der Waals surface area contributed by atoms with Crippen LogP contribution in [0.5, 0.6) is 0 Å². The summed E-state index contributed by atoms with van der Waals surface area (Å²) in [7, 11) is 0. The van der Waals surface area contributed by atoms with Crippen molar-refractivity contribution in [1.29, 1.82) is 0 Å². The van der Waals surface area contributed by atoms with Crippen molar-refractivity contribution in [2.24, 2.45) is 0 Å². The molecule has 0 saturated carbocycles. The van der Waals surface area contributed by atoms with E-state index in [-0.39, 0.29) is 5.56 Å². The van der Waals surface area contributed by atoms with Gasteiger partial charge in [-0.05, 0) is 61.4 Å². The van der Waals surface area contributed by atoms with Crippen molar-refractivity contribution in [2.45, 2.75) is 32.1 Å². The molecule has 2 aromatic heterocycles. The van der Waals surface area contributed by atoms with Gasteiger partial charge in [0.25, 0.3) is 5.56 Å². The average molecular weight is 359 g/mol. The first-order valence-corrected chi connectivity index (χ1v) is 9.75. The van der Waals surface area contributed by atoms with Crippen LogP contribution in [0.3, 0.4) is 0 Å². The maximum absolute atomic E-state index is 12.6. The molecule has 0 radical (unpaired) electrons. The minimum absolute atomic E-state index is 0.00601. The normalized spacial score (nSPS) is 16.4. The molecule has 1 aliphatic heterocycles. The summed E-state index contributed by atoms with van der Waals surface area (Å²) < 4.78 is 1.66. The van der Waals surface area contributed by atoms with Gasteiger partial charge in [0, 0.05) is 25.4 Å². The van der Waals surface area contributed by atoms with Crippen molar-refractivity contribution in [2.75, 3.05) is 18.0 Å². The summed E-state index contributed by atoms with van der Waals surface area (Å²) in [6.07, 6.45) is 19.7. The van der Waals surface area contributed by atoms with Gasteiger partial charge in [-0.25, -0.2) is 4.98 Å². The van der Waals surface area contributed by atoms with E-state index in [0.29, 0.717) is 0 Å². The van der Waals surface area contributed by atoms with Crippen molar-refractivity contribution in [3.63, 3.8) is 0 Å². The zero-order chi connectivity index (χ0) is 18.5. The van der Waals surface area contributed by atoms with Gasteiger partial charge in [0.2, 0.25) is 0 Å². The molecule has 1 saturated heterocycles. The lowest BCUT2D eigenvalue weighted by atomic mass is 10.0. The highest BCUT2D eigenvalue weighted by atomic mass is 16.1. The van der Waals surface area contributed by atoms with Crippen LogP contribution in [-0.2, 0) is 6.42 Å². The Bertz CT molecular complexity index is 929. The number of hydrogen-bond acceptors (Lipinski definition) is 3. The summed E-state index contributed by atoms with van der Waals surface area (Å²) in [5.41, 5.74) is 3.18. The number of pyridine rings is 2. The Kier molecular flexibility index (Phi) is 5.33. The second kappa shape index (κ2) is 8.21. The van der Waals surface area contributed by atoms with Gasteiger partial charge in [-0.1, -0.05) is 30.4 Å². The van der Waals surface area contributed by atoms with E-state index < -0.39 is 0 Å². The zero-order valence-electron chi connectivity index (χ0n) is 15.6. The Morgan fingerprint density at radius 3 is 2.70 bits per heavy atom. The second-order valence-electron chi connectivity index (χ2n) is 7.12. The fourth-order valence-electron chi connectivity index (χ4n) is 3.62. The Morgan fingerprint density at radius 2 is 1.93 bits per heavy atom. The van der Waals surface area contributed by atoms with Crippen LogP contribution >= 0.6 is 0 Å². The molecule has 0 N–H and O–H groups in total. The van der Waals surface area contributed by atoms with Crippen molar-refractivity contribution < 1.29 is 0 Å². The molecule has 27 heavy (non-hydrogen) atoms. The van der Waals surface area contributed by atoms with Gasteiger partial charge in [0.05, 0.1) is 11.9 Å². The molecule has 4 rings (SSSR count). The van der Waals surface area contributed by atoms with Gasteiger partial charge < -0.3 is 4.90 Å². The lowest BCUT2D eigenvalue weighted by Gasteiger charge is -2.16. The molecule has 4 heteroatoms. The third kappa shape index (κ3) is 4.27. The zero-order valence-corrected chi connectivity index (χ0v) is 15.6. The molecular formula is C23H25N3O. The van der Waals surface area contributed by atoms with Crippen LogP contribution in [0, 0.1) is 0 Å². The molecule has 3 heterocycles. The summed E-state index contributed by atoms with van der Waals surface area (Å²) in [6, 6.07) is 7.77. The number of nitrogens with zero attached hydrogens (tertiary/aromatic N) is 3. The van der Waals surface area contributed by atoms with Crippen LogP contribution in [0.15, 0.2) is 77.4 Å². The average Bonchev–Trinajstić information content (AvgIpc) is 3.11. The smallest absolute Gasteiger partial charge is 0.255 e. The molecule has 138 valence electrons. The van der Waals surface area contributed by atoms with Crippen molar-refractivity contribution in [1.82, 2.24) is 9.55 Å². The number of aryl methyl sites for hydroxylation is 1. The highest BCUT2D eigenvalue weighted by Crippen LogP contribution is 2.18. The lowest BCUT2D eigenvalue weighted by molar-refractivity contribution is 0.908. The molecule has 0 atom stereocenters. The highest BCUT2D eigenvalue weighted by molar-refractivity contribution is 5.44. The molecule has 4 nitrogen and oxygen atoms in total. The molecule has 0 unspecified atom stereocenters. The molecule has 1 fully saturated rings. The van der Waals surface area contributed by atoms with E-state index in [4.69, 9.17) is 0 Å². The SMILES string of the molecule is O=c1cc(CCC2=CC=CCC=C2)ccn1-c1ccc(N2CCCC2)nc1. The lowest BCUT2D eigenvalue weighted by Crippen LogP contribution is -2.20. The Labute approximate surface area is 160 Å². The molecule has 0 spiro atoms. The summed E-state index contributed by atoms with van der Waals surface area (Å²) in [5.74, 6) is 1.000. The topological polar surface area (TPSA) is 38.1 Å². The number of anilines is 1. The van der Waals surface area contributed by atoms with Crippen molar-refractivity contribution in [3.05, 3.63) is 88.5 Å². The minimum atomic E-state index is -0.00601. The van der Waals surface area contributed by atoms with Gasteiger partial charge >= 0.3 is 0 Å². The Hall–Kier alpha value is -2.88. The van der Waals surface area contributed by atoms with Crippen LogP contribution in [-0.4, -0.2) is 22.6 Å². The van der Waals surface area contributed by atoms with E-state index in [0.717, 1.165) is 49.4 Å². The predicted molar refractivity (Wildman–Crippen MR) is 111 cm³/mol. The largest absolute Gasteiger partial charge is 0.357 e. The number of aromatic nitrogens is 2. The predicted octanol–water partition coefficient (Wildman–Crippen LogP) is 4.21. The van der Waals surface area contributed by atoms with E-state index >= 15 is 0 Å². The van der Waals surface area contributed by atoms with Crippen molar-refractivity contribution in [3.8, 4) is 5.69 Å². The Balaban J connectivity index is 1.46. The summed E-state index contributed by atoms with van der Waals surface area (Å²) >= 11 is 0. The fraction of sp³-hybridized carbons (Fsp3) is 0.304. The minimum Gasteiger partial charge on any atom is -0.357 e. The molecule has 1 aliphatic carbocycles. The molecule has 2 aromatic rings. The van der Waals surface area contributed by atoms with Crippen LogP contribution < -0.4 is 10.5 Å². The molecule has 0 amide bonds. The van der Waals surface area contributed by atoms with Crippen LogP contribution in [0.2, 0.25) is 0 Å². The molecule has 0 aromatic carbocycles. The molecular weight excluding hydrogens is 334 g/mol. The van der Waals surface area contributed by atoms with E-state index in [9.17, 15) is 4.79 Å². The van der Waals surface area contributed by atoms with Gasteiger partial charge in [-0.2, -0.15) is 0 Å². The molecule has 2 aliphatic rings. The van der Waals surface area contributed by atoms with E-state index in [1.807, 2.05) is 24.4 Å². The monoisotopic (exact) mass is 359 g/mol. The Morgan fingerprint density at radius 1 is 1.04 bits per heavy atom. The van der Waals surface area contributed by atoms with Crippen LogP contribution in [0.1, 0.15) is 31.2 Å². The quantitative estimate of drug-likeness (QED) is 0.803. The summed E-state index contributed by atoms with van der Waals surface area (Å²) in [5, 5.41) is 0. The summed E-state index contributed by atoms with van der Waals surface area (Å²) in [4.78, 5) is 19.4. The third-order valence-electron chi connectivity index (χ3n) is 5.18. The van der Waals surface area contributed by atoms with Gasteiger partial charge in [-0.15, -0.1) is 0 Å². The van der Waals surface area contributed by atoms with E-state index in [2.05, 4.69) is 40.3 Å². The highest BCUT2D eigenvalue weighted by Gasteiger charge is 2.13. The number of hydrogen-bond donors (Lipinski definition) is 0. The first-order chi connectivity index (χ1) is 13.3.